The van der Waals surface area contributed by atoms with E-state index in [0.717, 1.165) is 30.1 Å². The van der Waals surface area contributed by atoms with Gasteiger partial charge < -0.3 is 0 Å². The van der Waals surface area contributed by atoms with Crippen LogP contribution in [0.25, 0.3) is 0 Å². The first kappa shape index (κ1) is 13.9. The lowest BCUT2D eigenvalue weighted by Gasteiger charge is -2.10. The Balaban J connectivity index is 2.20. The van der Waals surface area contributed by atoms with Gasteiger partial charge in [-0.1, -0.05) is 29.8 Å². The van der Waals surface area contributed by atoms with Crippen LogP contribution in [0.4, 0.5) is 0 Å². The molecule has 0 aliphatic carbocycles. The number of thiophene rings is 1. The number of rotatable bonds is 3. The lowest BCUT2D eigenvalue weighted by Crippen LogP contribution is -1.95. The molecule has 2 rings (SSSR count). The van der Waals surface area contributed by atoms with Crippen LogP contribution >= 0.6 is 66.4 Å². The summed E-state index contributed by atoms with van der Waals surface area (Å²) < 4.78 is 2.14. The third-order valence-corrected chi connectivity index (χ3v) is 5.52. The van der Waals surface area contributed by atoms with Crippen molar-refractivity contribution in [3.8, 4) is 0 Å². The second kappa shape index (κ2) is 6.07. The van der Waals surface area contributed by atoms with E-state index in [1.807, 2.05) is 30.3 Å². The van der Waals surface area contributed by atoms with Gasteiger partial charge in [0.25, 0.3) is 0 Å². The van der Waals surface area contributed by atoms with Crippen molar-refractivity contribution in [3.05, 3.63) is 54.1 Å². The van der Waals surface area contributed by atoms with E-state index in [9.17, 15) is 0 Å². The third-order valence-electron chi connectivity index (χ3n) is 2.38. The summed E-state index contributed by atoms with van der Waals surface area (Å²) in [6.07, 6.45) is 0.725. The maximum absolute atomic E-state index is 6.43. The quantitative estimate of drug-likeness (QED) is 0.506. The van der Waals surface area contributed by atoms with Crippen molar-refractivity contribution < 1.29 is 0 Å². The smallest absolute Gasteiger partial charge is 0.0757 e. The molecule has 0 amide bonds. The molecular weight excluding hydrogens is 407 g/mol. The molecule has 17 heavy (non-hydrogen) atoms. The maximum atomic E-state index is 6.43. The molecule has 0 bridgehead atoms. The zero-order chi connectivity index (χ0) is 12.4. The fourth-order valence-corrected chi connectivity index (χ4v) is 5.26. The minimum Gasteiger partial charge on any atom is -0.121 e. The molecule has 0 N–H and O–H groups in total. The van der Waals surface area contributed by atoms with Crippen molar-refractivity contribution in [2.75, 3.05) is 0 Å². The molecule has 1 aromatic carbocycles. The van der Waals surface area contributed by atoms with Crippen molar-refractivity contribution in [2.24, 2.45) is 0 Å². The van der Waals surface area contributed by atoms with Crippen LogP contribution in [0.15, 0.2) is 37.9 Å². The Labute approximate surface area is 131 Å². The van der Waals surface area contributed by atoms with Crippen molar-refractivity contribution in [2.45, 2.75) is 11.8 Å². The maximum Gasteiger partial charge on any atom is 0.0757 e. The van der Waals surface area contributed by atoms with Crippen molar-refractivity contribution in [1.82, 2.24) is 0 Å². The normalized spacial score (nSPS) is 12.7. The predicted octanol–water partition coefficient (Wildman–Crippen LogP) is 6.45. The fraction of sp³-hybridized carbons (Fsp3) is 0.167. The molecule has 0 radical (unpaired) electrons. The summed E-state index contributed by atoms with van der Waals surface area (Å²) in [6.45, 7) is 0. The molecule has 0 fully saturated rings. The van der Waals surface area contributed by atoms with Gasteiger partial charge in [0.2, 0.25) is 0 Å². The molecule has 0 nitrogen and oxygen atoms in total. The Kier molecular flexibility index (Phi) is 4.96. The predicted molar refractivity (Wildman–Crippen MR) is 83.5 cm³/mol. The molecule has 0 saturated heterocycles. The second-order valence-corrected chi connectivity index (χ2v) is 8.23. The summed E-state index contributed by atoms with van der Waals surface area (Å²) in [6, 6.07) is 9.84. The third kappa shape index (κ3) is 3.48. The largest absolute Gasteiger partial charge is 0.121 e. The first-order chi connectivity index (χ1) is 8.08. The number of alkyl halides is 1. The summed E-state index contributed by atoms with van der Waals surface area (Å²) in [5, 5.41) is 0.690. The average Bonchev–Trinajstić information content (AvgIpc) is 2.61. The molecule has 0 spiro atoms. The van der Waals surface area contributed by atoms with Gasteiger partial charge in [0.05, 0.1) is 12.9 Å². The van der Waals surface area contributed by atoms with E-state index >= 15 is 0 Å². The molecule has 1 atom stereocenters. The summed E-state index contributed by atoms with van der Waals surface area (Å²) in [5.74, 6) is 0. The van der Waals surface area contributed by atoms with Crippen LogP contribution in [-0.2, 0) is 6.42 Å². The summed E-state index contributed by atoms with van der Waals surface area (Å²) in [5.41, 5.74) is 2.17. The fourth-order valence-electron chi connectivity index (χ4n) is 1.53. The Hall–Kier alpha value is 0.460. The molecule has 0 saturated carbocycles. The van der Waals surface area contributed by atoms with Gasteiger partial charge in [-0.15, -0.1) is 22.9 Å². The highest BCUT2D eigenvalue weighted by atomic mass is 79.9. The second-order valence-electron chi connectivity index (χ2n) is 3.54. The van der Waals surface area contributed by atoms with E-state index in [4.69, 9.17) is 23.2 Å². The van der Waals surface area contributed by atoms with Crippen LogP contribution in [0, 0.1) is 0 Å². The summed E-state index contributed by atoms with van der Waals surface area (Å²) in [7, 11) is 0. The topological polar surface area (TPSA) is 0 Å². The van der Waals surface area contributed by atoms with Crippen LogP contribution in [0.3, 0.4) is 0 Å². The van der Waals surface area contributed by atoms with Gasteiger partial charge in [0, 0.05) is 5.02 Å². The van der Waals surface area contributed by atoms with E-state index in [2.05, 4.69) is 31.9 Å². The van der Waals surface area contributed by atoms with Gasteiger partial charge in [-0.3, -0.25) is 0 Å². The molecule has 0 aliphatic rings. The van der Waals surface area contributed by atoms with Gasteiger partial charge >= 0.3 is 0 Å². The Bertz CT molecular complexity index is 525. The molecule has 0 aliphatic heterocycles. The number of hydrogen-bond acceptors (Lipinski definition) is 1. The minimum absolute atomic E-state index is 0.0770. The Morgan fingerprint density at radius 2 is 1.94 bits per heavy atom. The molecule has 2 aromatic rings. The van der Waals surface area contributed by atoms with E-state index in [1.165, 1.54) is 0 Å². The van der Waals surface area contributed by atoms with Gasteiger partial charge in [-0.2, -0.15) is 0 Å². The van der Waals surface area contributed by atoms with Crippen molar-refractivity contribution in [3.63, 3.8) is 0 Å². The molecular formula is C12H8Br2Cl2S. The van der Waals surface area contributed by atoms with Gasteiger partial charge in [-0.05, 0) is 61.5 Å². The number of hydrogen-bond donors (Lipinski definition) is 0. The van der Waals surface area contributed by atoms with E-state index in [0.29, 0.717) is 0 Å². The summed E-state index contributed by atoms with van der Waals surface area (Å²) in [4.78, 5) is 0. The van der Waals surface area contributed by atoms with Gasteiger partial charge in [0.15, 0.2) is 0 Å². The van der Waals surface area contributed by atoms with E-state index in [1.54, 1.807) is 11.3 Å². The van der Waals surface area contributed by atoms with Gasteiger partial charge in [0.1, 0.15) is 0 Å². The van der Waals surface area contributed by atoms with Gasteiger partial charge in [-0.25, -0.2) is 0 Å². The first-order valence-electron chi connectivity index (χ1n) is 4.90. The molecule has 90 valence electrons. The zero-order valence-electron chi connectivity index (χ0n) is 8.59. The first-order valence-corrected chi connectivity index (χ1v) is 8.12. The van der Waals surface area contributed by atoms with E-state index < -0.39 is 0 Å². The highest BCUT2D eigenvalue weighted by Crippen LogP contribution is 2.39. The summed E-state index contributed by atoms with van der Waals surface area (Å²) >= 11 is 21.2. The van der Waals surface area contributed by atoms with E-state index in [-0.39, 0.29) is 5.38 Å². The Morgan fingerprint density at radius 3 is 2.53 bits per heavy atom. The number of benzene rings is 1. The lowest BCUT2D eigenvalue weighted by molar-refractivity contribution is 0.921. The van der Waals surface area contributed by atoms with Crippen molar-refractivity contribution >= 4 is 66.4 Å². The van der Waals surface area contributed by atoms with Crippen LogP contribution < -0.4 is 0 Å². The van der Waals surface area contributed by atoms with Crippen LogP contribution in [0.5, 0.6) is 0 Å². The van der Waals surface area contributed by atoms with Crippen LogP contribution in [0.1, 0.15) is 16.5 Å². The monoisotopic (exact) mass is 412 g/mol. The lowest BCUT2D eigenvalue weighted by atomic mass is 10.1. The number of halogens is 4. The average molecular weight is 415 g/mol. The molecule has 5 heteroatoms. The van der Waals surface area contributed by atoms with Crippen molar-refractivity contribution in [1.29, 1.82) is 0 Å². The van der Waals surface area contributed by atoms with Crippen LogP contribution in [0.2, 0.25) is 5.02 Å². The standard InChI is InChI=1S/C12H8Br2Cl2S/c13-11-6-8(12(14)17-11)10(16)5-7-3-1-2-4-9(7)15/h1-4,6,10H,5H2. The molecule has 1 heterocycles. The zero-order valence-corrected chi connectivity index (χ0v) is 14.1. The van der Waals surface area contributed by atoms with Crippen LogP contribution in [-0.4, -0.2) is 0 Å². The SMILES string of the molecule is Clc1ccccc1CC(Cl)c1cc(Br)sc1Br. The highest BCUT2D eigenvalue weighted by molar-refractivity contribution is 9.12. The highest BCUT2D eigenvalue weighted by Gasteiger charge is 2.16. The Morgan fingerprint density at radius 1 is 1.24 bits per heavy atom. The molecule has 1 unspecified atom stereocenters. The molecule has 1 aromatic heterocycles. The minimum atomic E-state index is -0.0770.